The molecule has 0 aromatic carbocycles. The Hall–Kier alpha value is 0.270. The Morgan fingerprint density at radius 2 is 2.55 bits per heavy atom. The third kappa shape index (κ3) is 3.99. The molecule has 2 nitrogen and oxygen atoms in total. The van der Waals surface area contributed by atoms with E-state index in [4.69, 9.17) is 5.11 Å². The molecule has 0 aromatic rings. The lowest BCUT2D eigenvalue weighted by Gasteiger charge is -2.10. The molecule has 1 saturated heterocycles. The molecule has 1 heterocycles. The Balaban J connectivity index is 1.94. The van der Waals surface area contributed by atoms with Crippen molar-refractivity contribution >= 4 is 11.8 Å². The lowest BCUT2D eigenvalue weighted by Crippen LogP contribution is -2.29. The Morgan fingerprint density at radius 3 is 3.09 bits per heavy atom. The van der Waals surface area contributed by atoms with Gasteiger partial charge in [0.25, 0.3) is 0 Å². The van der Waals surface area contributed by atoms with Gasteiger partial charge < -0.3 is 10.4 Å². The van der Waals surface area contributed by atoms with Crippen LogP contribution in [0.5, 0.6) is 0 Å². The maximum atomic E-state index is 8.96. The van der Waals surface area contributed by atoms with E-state index in [1.165, 1.54) is 18.6 Å². The van der Waals surface area contributed by atoms with E-state index in [0.29, 0.717) is 0 Å². The van der Waals surface area contributed by atoms with Crippen molar-refractivity contribution in [1.29, 1.82) is 0 Å². The topological polar surface area (TPSA) is 32.3 Å². The normalized spacial score (nSPS) is 27.3. The van der Waals surface area contributed by atoms with Crippen molar-refractivity contribution in [3.8, 4) is 0 Å². The highest BCUT2D eigenvalue weighted by Gasteiger charge is 2.14. The summed E-state index contributed by atoms with van der Waals surface area (Å²) < 4.78 is 0. The molecule has 0 amide bonds. The van der Waals surface area contributed by atoms with Gasteiger partial charge in [-0.05, 0) is 25.5 Å². The SMILES string of the molecule is CC(O)CNCC1CCCS1. The number of hydrogen-bond acceptors (Lipinski definition) is 3. The zero-order valence-electron chi connectivity index (χ0n) is 7.05. The van der Waals surface area contributed by atoms with Crippen molar-refractivity contribution in [3.63, 3.8) is 0 Å². The van der Waals surface area contributed by atoms with Gasteiger partial charge in [-0.25, -0.2) is 0 Å². The summed E-state index contributed by atoms with van der Waals surface area (Å²) in [5, 5.41) is 13.0. The zero-order valence-corrected chi connectivity index (χ0v) is 7.86. The monoisotopic (exact) mass is 175 g/mol. The van der Waals surface area contributed by atoms with E-state index in [1.54, 1.807) is 0 Å². The van der Waals surface area contributed by atoms with E-state index in [0.717, 1.165) is 18.3 Å². The van der Waals surface area contributed by atoms with Gasteiger partial charge in [0.2, 0.25) is 0 Å². The minimum atomic E-state index is -0.207. The summed E-state index contributed by atoms with van der Waals surface area (Å²) in [5.41, 5.74) is 0. The molecule has 0 saturated carbocycles. The van der Waals surface area contributed by atoms with Gasteiger partial charge in [-0.1, -0.05) is 0 Å². The molecular formula is C8H17NOS. The van der Waals surface area contributed by atoms with Gasteiger partial charge >= 0.3 is 0 Å². The van der Waals surface area contributed by atoms with E-state index in [-0.39, 0.29) is 6.10 Å². The highest BCUT2D eigenvalue weighted by atomic mass is 32.2. The lowest BCUT2D eigenvalue weighted by molar-refractivity contribution is 0.191. The standard InChI is InChI=1S/C8H17NOS/c1-7(10)5-9-6-8-3-2-4-11-8/h7-10H,2-6H2,1H3. The first-order valence-corrected chi connectivity index (χ1v) is 5.34. The van der Waals surface area contributed by atoms with Crippen molar-refractivity contribution in [2.45, 2.75) is 31.1 Å². The van der Waals surface area contributed by atoms with Crippen LogP contribution in [0.4, 0.5) is 0 Å². The highest BCUT2D eigenvalue weighted by Crippen LogP contribution is 2.24. The second-order valence-corrected chi connectivity index (χ2v) is 4.55. The average Bonchev–Trinajstić information content (AvgIpc) is 2.39. The molecule has 66 valence electrons. The van der Waals surface area contributed by atoms with Gasteiger partial charge in [-0.15, -0.1) is 0 Å². The molecule has 0 bridgehead atoms. The largest absolute Gasteiger partial charge is 0.392 e. The average molecular weight is 175 g/mol. The van der Waals surface area contributed by atoms with Crippen LogP contribution < -0.4 is 5.32 Å². The Morgan fingerprint density at radius 1 is 1.73 bits per heavy atom. The van der Waals surface area contributed by atoms with Gasteiger partial charge in [0.05, 0.1) is 6.10 Å². The van der Waals surface area contributed by atoms with E-state index < -0.39 is 0 Å². The van der Waals surface area contributed by atoms with Crippen LogP contribution in [-0.4, -0.2) is 35.3 Å². The fraction of sp³-hybridized carbons (Fsp3) is 1.00. The minimum absolute atomic E-state index is 0.207. The number of rotatable bonds is 4. The van der Waals surface area contributed by atoms with E-state index in [1.807, 2.05) is 18.7 Å². The zero-order chi connectivity index (χ0) is 8.10. The minimum Gasteiger partial charge on any atom is -0.392 e. The Bertz CT molecular complexity index is 102. The number of nitrogens with one attached hydrogen (secondary N) is 1. The third-order valence-electron chi connectivity index (χ3n) is 1.84. The van der Waals surface area contributed by atoms with Gasteiger partial charge in [-0.2, -0.15) is 11.8 Å². The van der Waals surface area contributed by atoms with Gasteiger partial charge in [-0.3, -0.25) is 0 Å². The smallest absolute Gasteiger partial charge is 0.0636 e. The lowest BCUT2D eigenvalue weighted by atomic mass is 10.2. The first-order chi connectivity index (χ1) is 5.29. The van der Waals surface area contributed by atoms with Crippen LogP contribution in [0.25, 0.3) is 0 Å². The molecular weight excluding hydrogens is 158 g/mol. The van der Waals surface area contributed by atoms with Crippen molar-refractivity contribution < 1.29 is 5.11 Å². The Kier molecular flexibility index (Phi) is 4.26. The van der Waals surface area contributed by atoms with E-state index >= 15 is 0 Å². The van der Waals surface area contributed by atoms with E-state index in [9.17, 15) is 0 Å². The number of hydrogen-bond donors (Lipinski definition) is 2. The van der Waals surface area contributed by atoms with Crippen LogP contribution in [0, 0.1) is 0 Å². The molecule has 1 aliphatic rings. The van der Waals surface area contributed by atoms with Crippen LogP contribution >= 0.6 is 11.8 Å². The van der Waals surface area contributed by atoms with Crippen LogP contribution in [0.1, 0.15) is 19.8 Å². The van der Waals surface area contributed by atoms with Gasteiger partial charge in [0.15, 0.2) is 0 Å². The van der Waals surface area contributed by atoms with Gasteiger partial charge in [0, 0.05) is 18.3 Å². The number of aliphatic hydroxyl groups excluding tert-OH is 1. The first-order valence-electron chi connectivity index (χ1n) is 4.29. The summed E-state index contributed by atoms with van der Waals surface area (Å²) in [6, 6.07) is 0. The van der Waals surface area contributed by atoms with Crippen molar-refractivity contribution in [1.82, 2.24) is 5.32 Å². The van der Waals surface area contributed by atoms with Crippen molar-refractivity contribution in [3.05, 3.63) is 0 Å². The predicted molar refractivity (Wildman–Crippen MR) is 50.0 cm³/mol. The summed E-state index contributed by atoms with van der Waals surface area (Å²) in [7, 11) is 0. The molecule has 3 heteroatoms. The predicted octanol–water partition coefficient (Wildman–Crippen LogP) is 0.852. The summed E-state index contributed by atoms with van der Waals surface area (Å²) in [4.78, 5) is 0. The molecule has 2 atom stereocenters. The van der Waals surface area contributed by atoms with Gasteiger partial charge in [0.1, 0.15) is 0 Å². The molecule has 2 N–H and O–H groups in total. The number of thioether (sulfide) groups is 1. The first kappa shape index (κ1) is 9.36. The van der Waals surface area contributed by atoms with Crippen LogP contribution in [0.15, 0.2) is 0 Å². The fourth-order valence-corrected chi connectivity index (χ4v) is 2.49. The molecule has 0 spiro atoms. The highest BCUT2D eigenvalue weighted by molar-refractivity contribution is 8.00. The second-order valence-electron chi connectivity index (χ2n) is 3.14. The summed E-state index contributed by atoms with van der Waals surface area (Å²) in [6.45, 7) is 3.61. The van der Waals surface area contributed by atoms with Crippen LogP contribution in [-0.2, 0) is 0 Å². The van der Waals surface area contributed by atoms with Crippen molar-refractivity contribution in [2.24, 2.45) is 0 Å². The quantitative estimate of drug-likeness (QED) is 0.664. The van der Waals surface area contributed by atoms with Crippen LogP contribution in [0.3, 0.4) is 0 Å². The second kappa shape index (κ2) is 5.01. The molecule has 1 aliphatic heterocycles. The summed E-state index contributed by atoms with van der Waals surface area (Å²) in [6.07, 6.45) is 2.50. The third-order valence-corrected chi connectivity index (χ3v) is 3.23. The van der Waals surface area contributed by atoms with Crippen molar-refractivity contribution in [2.75, 3.05) is 18.8 Å². The molecule has 0 aromatic heterocycles. The summed E-state index contributed by atoms with van der Waals surface area (Å²) in [5.74, 6) is 1.32. The fourth-order valence-electron chi connectivity index (χ4n) is 1.26. The number of aliphatic hydroxyl groups is 1. The van der Waals surface area contributed by atoms with E-state index in [2.05, 4.69) is 5.32 Å². The molecule has 0 aliphatic carbocycles. The van der Waals surface area contributed by atoms with Crippen LogP contribution in [0.2, 0.25) is 0 Å². The maximum absolute atomic E-state index is 8.96. The molecule has 1 rings (SSSR count). The summed E-state index contributed by atoms with van der Waals surface area (Å²) >= 11 is 2.05. The molecule has 2 unspecified atom stereocenters. The molecule has 1 fully saturated rings. The molecule has 11 heavy (non-hydrogen) atoms. The Labute approximate surface area is 72.8 Å². The maximum Gasteiger partial charge on any atom is 0.0636 e. The molecule has 0 radical (unpaired) electrons.